The summed E-state index contributed by atoms with van der Waals surface area (Å²) in [6.07, 6.45) is -4.62. The lowest BCUT2D eigenvalue weighted by Crippen LogP contribution is -2.50. The van der Waals surface area contributed by atoms with Gasteiger partial charge in [0.25, 0.3) is 0 Å². The SMILES string of the molecule is CN1C(=O)C2(C(C#N)=C(N)N(c3cccc(C(F)(F)F)c3)C3=C2C(=O)OC3)c2ccccc21. The molecule has 0 saturated heterocycles. The Morgan fingerprint density at radius 3 is 2.58 bits per heavy atom. The number of nitrogens with zero attached hydrogens (tertiary/aromatic N) is 3. The number of esters is 1. The number of para-hydroxylation sites is 1. The van der Waals surface area contributed by atoms with Gasteiger partial charge < -0.3 is 15.4 Å². The van der Waals surface area contributed by atoms with Crippen LogP contribution in [0.15, 0.2) is 71.2 Å². The Bertz CT molecular complexity index is 1360. The number of ether oxygens (including phenoxy) is 1. The van der Waals surface area contributed by atoms with Gasteiger partial charge in [-0.25, -0.2) is 4.79 Å². The number of hydrogen-bond donors (Lipinski definition) is 1. The van der Waals surface area contributed by atoms with E-state index in [0.29, 0.717) is 11.3 Å². The van der Waals surface area contributed by atoms with Gasteiger partial charge in [-0.2, -0.15) is 18.4 Å². The van der Waals surface area contributed by atoms with Gasteiger partial charge in [0.05, 0.1) is 22.4 Å². The second-order valence-electron chi connectivity index (χ2n) is 7.78. The van der Waals surface area contributed by atoms with E-state index in [-0.39, 0.29) is 35.0 Å². The molecule has 5 rings (SSSR count). The molecular formula is C23H15F3N4O3. The number of halogens is 3. The molecule has 7 nitrogen and oxygen atoms in total. The van der Waals surface area contributed by atoms with Gasteiger partial charge >= 0.3 is 12.1 Å². The van der Waals surface area contributed by atoms with E-state index in [0.717, 1.165) is 12.1 Å². The van der Waals surface area contributed by atoms with Gasteiger partial charge in [0.2, 0.25) is 5.91 Å². The number of nitriles is 1. The van der Waals surface area contributed by atoms with E-state index in [1.807, 2.05) is 6.07 Å². The van der Waals surface area contributed by atoms with Crippen molar-refractivity contribution in [2.75, 3.05) is 23.5 Å². The summed E-state index contributed by atoms with van der Waals surface area (Å²) < 4.78 is 45.3. The molecule has 1 atom stereocenters. The number of amides is 1. The Morgan fingerprint density at radius 2 is 1.88 bits per heavy atom. The molecule has 166 valence electrons. The highest BCUT2D eigenvalue weighted by Gasteiger charge is 2.63. The maximum absolute atomic E-state index is 13.6. The van der Waals surface area contributed by atoms with Crippen LogP contribution in [-0.4, -0.2) is 25.5 Å². The zero-order valence-corrected chi connectivity index (χ0v) is 17.1. The van der Waals surface area contributed by atoms with E-state index in [1.54, 1.807) is 24.3 Å². The number of benzene rings is 2. The summed E-state index contributed by atoms with van der Waals surface area (Å²) in [5, 5.41) is 10.1. The second kappa shape index (κ2) is 6.62. The molecule has 0 bridgehead atoms. The molecule has 2 N–H and O–H groups in total. The van der Waals surface area contributed by atoms with Crippen LogP contribution >= 0.6 is 0 Å². The van der Waals surface area contributed by atoms with Crippen molar-refractivity contribution in [3.05, 3.63) is 82.3 Å². The number of cyclic esters (lactones) is 1. The first-order chi connectivity index (χ1) is 15.6. The standard InChI is InChI=1S/C23H15F3N4O3/c1-29-16-8-3-2-7-14(16)22(21(29)32)15(10-27)19(28)30(17-11-33-20(31)18(17)22)13-6-4-5-12(9-13)23(24,25)26/h2-9H,11,28H2,1H3. The van der Waals surface area contributed by atoms with Crippen LogP contribution in [0.25, 0.3) is 0 Å². The van der Waals surface area contributed by atoms with Gasteiger partial charge in [-0.05, 0) is 24.3 Å². The number of rotatable bonds is 1. The van der Waals surface area contributed by atoms with Crippen molar-refractivity contribution in [2.45, 2.75) is 11.6 Å². The summed E-state index contributed by atoms with van der Waals surface area (Å²) in [6.45, 7) is -0.315. The first-order valence-electron chi connectivity index (χ1n) is 9.80. The number of likely N-dealkylation sites (N-methyl/N-ethyl adjacent to an activating group) is 1. The second-order valence-corrected chi connectivity index (χ2v) is 7.78. The molecule has 3 aliphatic rings. The van der Waals surface area contributed by atoms with Gasteiger partial charge in [0.15, 0.2) is 0 Å². The van der Waals surface area contributed by atoms with E-state index in [1.165, 1.54) is 29.0 Å². The molecule has 0 fully saturated rings. The summed E-state index contributed by atoms with van der Waals surface area (Å²) in [6, 6.07) is 13.0. The minimum absolute atomic E-state index is 0.0113. The summed E-state index contributed by atoms with van der Waals surface area (Å²) >= 11 is 0. The van der Waals surface area contributed by atoms with Crippen molar-refractivity contribution >= 4 is 23.3 Å². The maximum atomic E-state index is 13.6. The number of carbonyl (C=O) groups excluding carboxylic acids is 2. The zero-order valence-electron chi connectivity index (χ0n) is 17.1. The molecule has 3 aliphatic heterocycles. The molecule has 1 amide bonds. The van der Waals surface area contributed by atoms with Crippen LogP contribution in [0.4, 0.5) is 24.5 Å². The summed E-state index contributed by atoms with van der Waals surface area (Å²) in [7, 11) is 1.51. The highest BCUT2D eigenvalue weighted by atomic mass is 19.4. The van der Waals surface area contributed by atoms with Gasteiger partial charge in [0, 0.05) is 24.0 Å². The molecule has 2 aromatic rings. The predicted octanol–water partition coefficient (Wildman–Crippen LogP) is 2.94. The predicted molar refractivity (Wildman–Crippen MR) is 110 cm³/mol. The number of alkyl halides is 3. The summed E-state index contributed by atoms with van der Waals surface area (Å²) in [4.78, 5) is 29.1. The molecule has 2 aromatic carbocycles. The van der Waals surface area contributed by atoms with E-state index < -0.39 is 29.0 Å². The van der Waals surface area contributed by atoms with Crippen molar-refractivity contribution in [1.29, 1.82) is 5.26 Å². The average Bonchev–Trinajstić information content (AvgIpc) is 3.26. The average molecular weight is 452 g/mol. The van der Waals surface area contributed by atoms with Gasteiger partial charge in [-0.15, -0.1) is 0 Å². The van der Waals surface area contributed by atoms with Crippen molar-refractivity contribution in [3.63, 3.8) is 0 Å². The number of fused-ring (bicyclic) bond motifs is 3. The normalized spacial score (nSPS) is 22.0. The molecule has 0 aromatic heterocycles. The Morgan fingerprint density at radius 1 is 1.15 bits per heavy atom. The lowest BCUT2D eigenvalue weighted by Gasteiger charge is -2.38. The van der Waals surface area contributed by atoms with Gasteiger partial charge in [0.1, 0.15) is 23.9 Å². The maximum Gasteiger partial charge on any atom is 0.416 e. The lowest BCUT2D eigenvalue weighted by molar-refractivity contribution is -0.138. The fourth-order valence-electron chi connectivity index (χ4n) is 4.82. The van der Waals surface area contributed by atoms with E-state index in [2.05, 4.69) is 0 Å². The van der Waals surface area contributed by atoms with Gasteiger partial charge in [-0.1, -0.05) is 24.3 Å². The van der Waals surface area contributed by atoms with Crippen LogP contribution in [-0.2, 0) is 25.9 Å². The number of hydrogen-bond acceptors (Lipinski definition) is 6. The van der Waals surface area contributed by atoms with Crippen molar-refractivity contribution in [1.82, 2.24) is 0 Å². The highest BCUT2D eigenvalue weighted by Crippen LogP contribution is 2.56. The molecule has 1 unspecified atom stereocenters. The van der Waals surface area contributed by atoms with E-state index in [4.69, 9.17) is 10.5 Å². The Hall–Kier alpha value is -4.26. The molecule has 10 heteroatoms. The van der Waals surface area contributed by atoms with E-state index in [9.17, 15) is 28.0 Å². The highest BCUT2D eigenvalue weighted by molar-refractivity contribution is 6.19. The zero-order chi connectivity index (χ0) is 23.7. The van der Waals surface area contributed by atoms with Crippen LogP contribution in [0.2, 0.25) is 0 Å². The molecule has 0 radical (unpaired) electrons. The van der Waals surface area contributed by atoms with Crippen LogP contribution in [0.5, 0.6) is 0 Å². The third-order valence-electron chi connectivity index (χ3n) is 6.19. The largest absolute Gasteiger partial charge is 0.456 e. The van der Waals surface area contributed by atoms with Crippen LogP contribution in [0, 0.1) is 11.3 Å². The van der Waals surface area contributed by atoms with Crippen molar-refractivity contribution in [3.8, 4) is 6.07 Å². The third-order valence-corrected chi connectivity index (χ3v) is 6.19. The number of anilines is 2. The smallest absolute Gasteiger partial charge is 0.416 e. The molecule has 3 heterocycles. The molecular weight excluding hydrogens is 437 g/mol. The minimum Gasteiger partial charge on any atom is -0.456 e. The quantitative estimate of drug-likeness (QED) is 0.668. The Balaban J connectivity index is 1.84. The molecule has 33 heavy (non-hydrogen) atoms. The Kier molecular flexibility index (Phi) is 4.14. The van der Waals surface area contributed by atoms with Crippen molar-refractivity contribution in [2.24, 2.45) is 5.73 Å². The molecule has 1 spiro atoms. The monoisotopic (exact) mass is 452 g/mol. The first-order valence-corrected chi connectivity index (χ1v) is 9.80. The van der Waals surface area contributed by atoms with Gasteiger partial charge in [-0.3, -0.25) is 9.69 Å². The lowest BCUT2D eigenvalue weighted by atomic mass is 9.67. The minimum atomic E-state index is -4.62. The van der Waals surface area contributed by atoms with E-state index >= 15 is 0 Å². The Labute approximate surface area is 185 Å². The van der Waals surface area contributed by atoms with Crippen molar-refractivity contribution < 1.29 is 27.5 Å². The molecule has 0 aliphatic carbocycles. The van der Waals surface area contributed by atoms with Crippen LogP contribution in [0.1, 0.15) is 11.1 Å². The summed E-state index contributed by atoms with van der Waals surface area (Å²) in [5.41, 5.74) is 4.21. The molecule has 0 saturated carbocycles. The number of carbonyl (C=O) groups is 2. The summed E-state index contributed by atoms with van der Waals surface area (Å²) in [5.74, 6) is -1.65. The van der Waals surface area contributed by atoms with Crippen LogP contribution in [0.3, 0.4) is 0 Å². The topological polar surface area (TPSA) is 99.7 Å². The third kappa shape index (κ3) is 2.50. The van der Waals surface area contributed by atoms with Crippen LogP contribution < -0.4 is 15.5 Å². The first kappa shape index (κ1) is 20.6. The fraction of sp³-hybridized carbons (Fsp3) is 0.174. The number of nitrogens with two attached hydrogens (primary N) is 1. The fourth-order valence-corrected chi connectivity index (χ4v) is 4.82.